The van der Waals surface area contributed by atoms with Gasteiger partial charge < -0.3 is 10.1 Å². The summed E-state index contributed by atoms with van der Waals surface area (Å²) in [4.78, 5) is 17.1. The average Bonchev–Trinajstić information content (AvgIpc) is 3.13. The number of thiazole rings is 1. The third-order valence-corrected chi connectivity index (χ3v) is 5.34. The van der Waals surface area contributed by atoms with E-state index >= 15 is 0 Å². The van der Waals surface area contributed by atoms with E-state index in [1.807, 2.05) is 54.8 Å². The predicted molar refractivity (Wildman–Crippen MR) is 122 cm³/mol. The van der Waals surface area contributed by atoms with Crippen molar-refractivity contribution in [3.63, 3.8) is 0 Å². The van der Waals surface area contributed by atoms with E-state index in [2.05, 4.69) is 22.0 Å². The normalized spacial score (nSPS) is 13.8. The zero-order valence-electron chi connectivity index (χ0n) is 16.3. The van der Waals surface area contributed by atoms with Gasteiger partial charge in [0.2, 0.25) is 4.80 Å². The van der Waals surface area contributed by atoms with Gasteiger partial charge >= 0.3 is 0 Å². The van der Waals surface area contributed by atoms with Crippen LogP contribution in [-0.4, -0.2) is 29.9 Å². The van der Waals surface area contributed by atoms with Gasteiger partial charge in [0.05, 0.1) is 24.1 Å². The maximum absolute atomic E-state index is 11.7. The van der Waals surface area contributed by atoms with Crippen molar-refractivity contribution >= 4 is 40.7 Å². The van der Waals surface area contributed by atoms with Crippen molar-refractivity contribution in [1.29, 1.82) is 0 Å². The number of ether oxygens (including phenoxy) is 1. The predicted octanol–water partition coefficient (Wildman–Crippen LogP) is 4.56. The van der Waals surface area contributed by atoms with Crippen LogP contribution >= 0.6 is 22.9 Å². The molecule has 0 fully saturated rings. The smallest absolute Gasteiger partial charge is 0.262 e. The summed E-state index contributed by atoms with van der Waals surface area (Å²) >= 11 is 7.57. The van der Waals surface area contributed by atoms with Crippen LogP contribution in [0.25, 0.3) is 11.3 Å². The maximum atomic E-state index is 11.7. The third-order valence-electron chi connectivity index (χ3n) is 4.25. The van der Waals surface area contributed by atoms with Gasteiger partial charge in [0, 0.05) is 16.0 Å². The van der Waals surface area contributed by atoms with Crippen LogP contribution in [0.2, 0.25) is 5.02 Å². The molecule has 0 aliphatic carbocycles. The molecule has 0 spiro atoms. The van der Waals surface area contributed by atoms with Crippen molar-refractivity contribution in [2.45, 2.75) is 6.92 Å². The Labute approximate surface area is 182 Å². The maximum Gasteiger partial charge on any atom is 0.262 e. The molecule has 2 aromatic carbocycles. The molecule has 1 aliphatic heterocycles. The molecule has 0 atom stereocenters. The van der Waals surface area contributed by atoms with Gasteiger partial charge in [-0.1, -0.05) is 35.9 Å². The van der Waals surface area contributed by atoms with E-state index in [9.17, 15) is 4.79 Å². The standard InChI is InChI=1S/C22H19ClN4O2S/c1-14(2)10-24-22-27(25-11-15-4-3-5-17(23)8-15)19(13-30-22)16-6-7-20-18(9-16)26-21(28)12-29-20/h3-9,11,13H,1,10,12H2,2H3,(H,26,28). The summed E-state index contributed by atoms with van der Waals surface area (Å²) in [5.41, 5.74) is 4.21. The highest BCUT2D eigenvalue weighted by Gasteiger charge is 2.17. The van der Waals surface area contributed by atoms with Crippen molar-refractivity contribution in [3.05, 3.63) is 75.4 Å². The highest BCUT2D eigenvalue weighted by Crippen LogP contribution is 2.32. The molecule has 8 heteroatoms. The molecule has 0 bridgehead atoms. The lowest BCUT2D eigenvalue weighted by molar-refractivity contribution is -0.118. The first-order valence-electron chi connectivity index (χ1n) is 9.22. The Balaban J connectivity index is 1.78. The lowest BCUT2D eigenvalue weighted by Crippen LogP contribution is -2.25. The lowest BCUT2D eigenvalue weighted by atomic mass is 10.1. The van der Waals surface area contributed by atoms with Crippen molar-refractivity contribution in [2.75, 3.05) is 18.5 Å². The molecule has 0 saturated carbocycles. The third kappa shape index (κ3) is 4.53. The Morgan fingerprint density at radius 1 is 1.37 bits per heavy atom. The second kappa shape index (κ2) is 8.69. The highest BCUT2D eigenvalue weighted by atomic mass is 35.5. The largest absolute Gasteiger partial charge is 0.482 e. The average molecular weight is 439 g/mol. The first-order valence-corrected chi connectivity index (χ1v) is 10.5. The number of nitrogens with one attached hydrogen (secondary N) is 1. The highest BCUT2D eigenvalue weighted by molar-refractivity contribution is 7.07. The van der Waals surface area contributed by atoms with Crippen LogP contribution in [0.4, 0.5) is 5.69 Å². The molecule has 0 radical (unpaired) electrons. The first kappa shape index (κ1) is 20.1. The van der Waals surface area contributed by atoms with E-state index in [4.69, 9.17) is 16.3 Å². The molecule has 1 N–H and O–H groups in total. The van der Waals surface area contributed by atoms with E-state index < -0.39 is 0 Å². The molecule has 3 aromatic rings. The Kier molecular flexibility index (Phi) is 5.83. The van der Waals surface area contributed by atoms with Gasteiger partial charge in [0.25, 0.3) is 5.91 Å². The van der Waals surface area contributed by atoms with E-state index in [1.54, 1.807) is 10.9 Å². The van der Waals surface area contributed by atoms with E-state index in [1.165, 1.54) is 11.3 Å². The fourth-order valence-corrected chi connectivity index (χ4v) is 3.91. The van der Waals surface area contributed by atoms with Gasteiger partial charge in [-0.2, -0.15) is 5.10 Å². The molecule has 0 unspecified atom stereocenters. The number of halogens is 1. The van der Waals surface area contributed by atoms with Crippen molar-refractivity contribution in [3.8, 4) is 17.0 Å². The zero-order valence-corrected chi connectivity index (χ0v) is 17.8. The number of aromatic nitrogens is 1. The Morgan fingerprint density at radius 2 is 2.23 bits per heavy atom. The fourth-order valence-electron chi connectivity index (χ4n) is 2.87. The Bertz CT molecular complexity index is 1230. The van der Waals surface area contributed by atoms with Crippen LogP contribution < -0.4 is 14.9 Å². The van der Waals surface area contributed by atoms with Gasteiger partial charge in [0.1, 0.15) is 5.75 Å². The first-order chi connectivity index (χ1) is 14.5. The van der Waals surface area contributed by atoms with Crippen LogP contribution in [0.1, 0.15) is 12.5 Å². The summed E-state index contributed by atoms with van der Waals surface area (Å²) in [5.74, 6) is 0.476. The summed E-state index contributed by atoms with van der Waals surface area (Å²) in [6.45, 7) is 6.39. The molecule has 0 saturated heterocycles. The number of nitrogens with zero attached hydrogens (tertiary/aromatic N) is 3. The van der Waals surface area contributed by atoms with Crippen LogP contribution in [-0.2, 0) is 4.79 Å². The monoisotopic (exact) mass is 438 g/mol. The fraction of sp³-hybridized carbons (Fsp3) is 0.136. The number of benzene rings is 2. The molecule has 1 amide bonds. The lowest BCUT2D eigenvalue weighted by Gasteiger charge is -2.18. The van der Waals surface area contributed by atoms with E-state index in [0.29, 0.717) is 23.0 Å². The molecule has 6 nitrogen and oxygen atoms in total. The number of rotatable bonds is 5. The summed E-state index contributed by atoms with van der Waals surface area (Å²) in [5, 5.41) is 10.1. The second-order valence-corrected chi connectivity index (χ2v) is 8.11. The molecule has 152 valence electrons. The van der Waals surface area contributed by atoms with Crippen LogP contribution in [0, 0.1) is 0 Å². The van der Waals surface area contributed by atoms with E-state index in [-0.39, 0.29) is 12.5 Å². The zero-order chi connectivity index (χ0) is 21.1. The van der Waals surface area contributed by atoms with Crippen LogP contribution in [0.5, 0.6) is 5.75 Å². The topological polar surface area (TPSA) is 68.0 Å². The van der Waals surface area contributed by atoms with Gasteiger partial charge in [0.15, 0.2) is 6.61 Å². The minimum absolute atomic E-state index is 0.0264. The molecule has 1 aromatic heterocycles. The number of hydrogen-bond donors (Lipinski definition) is 1. The summed E-state index contributed by atoms with van der Waals surface area (Å²) in [6, 6.07) is 13.1. The summed E-state index contributed by atoms with van der Waals surface area (Å²) in [7, 11) is 0. The minimum Gasteiger partial charge on any atom is -0.482 e. The molecule has 1 aliphatic rings. The molecule has 30 heavy (non-hydrogen) atoms. The minimum atomic E-state index is -0.172. The summed E-state index contributed by atoms with van der Waals surface area (Å²) < 4.78 is 7.24. The van der Waals surface area contributed by atoms with Crippen LogP contribution in [0.15, 0.2) is 70.1 Å². The Hall–Kier alpha value is -3.16. The quantitative estimate of drug-likeness (QED) is 0.468. The van der Waals surface area contributed by atoms with Crippen molar-refractivity contribution < 1.29 is 9.53 Å². The van der Waals surface area contributed by atoms with E-state index in [0.717, 1.165) is 27.2 Å². The Morgan fingerprint density at radius 3 is 3.03 bits per heavy atom. The molecular weight excluding hydrogens is 420 g/mol. The van der Waals surface area contributed by atoms with Crippen LogP contribution in [0.3, 0.4) is 0 Å². The number of carbonyl (C=O) groups excluding carboxylic acids is 1. The van der Waals surface area contributed by atoms with Gasteiger partial charge in [-0.05, 0) is 42.8 Å². The van der Waals surface area contributed by atoms with Gasteiger partial charge in [-0.25, -0.2) is 4.68 Å². The van der Waals surface area contributed by atoms with Gasteiger partial charge in [-0.15, -0.1) is 11.3 Å². The molecular formula is C22H19ClN4O2S. The van der Waals surface area contributed by atoms with Gasteiger partial charge in [-0.3, -0.25) is 9.79 Å². The molecule has 2 heterocycles. The number of amides is 1. The van der Waals surface area contributed by atoms with Crippen molar-refractivity contribution in [1.82, 2.24) is 4.68 Å². The number of hydrogen-bond acceptors (Lipinski definition) is 5. The molecule has 4 rings (SSSR count). The summed E-state index contributed by atoms with van der Waals surface area (Å²) in [6.07, 6.45) is 1.74. The number of carbonyl (C=O) groups is 1. The SMILES string of the molecule is C=C(C)CN=c1scc(-c2ccc3c(c2)NC(=O)CO3)n1N=Cc1cccc(Cl)c1. The van der Waals surface area contributed by atoms with Crippen molar-refractivity contribution in [2.24, 2.45) is 10.1 Å². The number of fused-ring (bicyclic) bond motifs is 1. The number of anilines is 1. The second-order valence-electron chi connectivity index (χ2n) is 6.84.